The zero-order valence-corrected chi connectivity index (χ0v) is 13.1. The summed E-state index contributed by atoms with van der Waals surface area (Å²) >= 11 is 8.11. The first kappa shape index (κ1) is 14.1. The second kappa shape index (κ2) is 5.79. The van der Waals surface area contributed by atoms with E-state index in [1.807, 2.05) is 24.3 Å². The number of nitrogen functional groups attached to an aromatic ring is 1. The molecule has 0 saturated carbocycles. The number of anilines is 2. The van der Waals surface area contributed by atoms with Crippen LogP contribution in [0.3, 0.4) is 0 Å². The van der Waals surface area contributed by atoms with Crippen LogP contribution in [0.5, 0.6) is 0 Å². The van der Waals surface area contributed by atoms with Crippen molar-refractivity contribution in [3.05, 3.63) is 56.6 Å². The lowest BCUT2D eigenvalue weighted by Crippen LogP contribution is -2.27. The number of hydrogen-bond donors (Lipinski definition) is 1. The molecular formula is C14H12ClIN2O. The highest BCUT2D eigenvalue weighted by Gasteiger charge is 2.18. The molecule has 5 heteroatoms. The molecule has 0 aliphatic rings. The van der Waals surface area contributed by atoms with Crippen molar-refractivity contribution in [2.75, 3.05) is 17.7 Å². The molecule has 0 aromatic heterocycles. The van der Waals surface area contributed by atoms with Crippen LogP contribution in [-0.4, -0.2) is 13.0 Å². The van der Waals surface area contributed by atoms with Gasteiger partial charge in [0, 0.05) is 21.3 Å². The third kappa shape index (κ3) is 3.01. The number of hydrogen-bond acceptors (Lipinski definition) is 2. The molecule has 0 unspecified atom stereocenters. The van der Waals surface area contributed by atoms with E-state index in [4.69, 9.17) is 17.3 Å². The summed E-state index contributed by atoms with van der Waals surface area (Å²) < 4.78 is 0.997. The van der Waals surface area contributed by atoms with Crippen molar-refractivity contribution in [3.63, 3.8) is 0 Å². The van der Waals surface area contributed by atoms with Crippen LogP contribution in [-0.2, 0) is 0 Å². The van der Waals surface area contributed by atoms with E-state index in [9.17, 15) is 4.79 Å². The predicted molar refractivity (Wildman–Crippen MR) is 87.8 cm³/mol. The summed E-state index contributed by atoms with van der Waals surface area (Å²) in [6, 6.07) is 12.5. The first-order valence-electron chi connectivity index (χ1n) is 5.58. The van der Waals surface area contributed by atoms with Gasteiger partial charge in [0.1, 0.15) is 0 Å². The largest absolute Gasteiger partial charge is 0.398 e. The zero-order chi connectivity index (χ0) is 14.0. The quantitative estimate of drug-likeness (QED) is 0.630. The monoisotopic (exact) mass is 386 g/mol. The topological polar surface area (TPSA) is 46.3 Å². The van der Waals surface area contributed by atoms with Crippen LogP contribution < -0.4 is 10.6 Å². The minimum absolute atomic E-state index is 0.177. The lowest BCUT2D eigenvalue weighted by atomic mass is 10.1. The number of benzene rings is 2. The van der Waals surface area contributed by atoms with Crippen LogP contribution in [0.2, 0.25) is 5.02 Å². The van der Waals surface area contributed by atoms with E-state index < -0.39 is 0 Å². The molecular weight excluding hydrogens is 375 g/mol. The molecule has 0 spiro atoms. The third-order valence-electron chi connectivity index (χ3n) is 2.76. The van der Waals surface area contributed by atoms with Gasteiger partial charge in [-0.1, -0.05) is 23.7 Å². The van der Waals surface area contributed by atoms with Crippen LogP contribution >= 0.6 is 34.2 Å². The average molecular weight is 387 g/mol. The summed E-state index contributed by atoms with van der Waals surface area (Å²) in [6.45, 7) is 0. The van der Waals surface area contributed by atoms with E-state index in [0.29, 0.717) is 16.3 Å². The van der Waals surface area contributed by atoms with Crippen LogP contribution in [0.15, 0.2) is 42.5 Å². The molecule has 2 aromatic carbocycles. The molecule has 0 atom stereocenters. The van der Waals surface area contributed by atoms with E-state index in [2.05, 4.69) is 22.6 Å². The van der Waals surface area contributed by atoms with Gasteiger partial charge in [-0.2, -0.15) is 0 Å². The van der Waals surface area contributed by atoms with E-state index in [0.717, 1.165) is 9.26 Å². The van der Waals surface area contributed by atoms with Gasteiger partial charge in [-0.05, 0) is 52.9 Å². The molecule has 0 radical (unpaired) electrons. The fourth-order valence-electron chi connectivity index (χ4n) is 1.73. The number of nitrogens with two attached hydrogens (primary N) is 1. The number of para-hydroxylation sites is 1. The van der Waals surface area contributed by atoms with E-state index in [1.54, 1.807) is 30.1 Å². The van der Waals surface area contributed by atoms with Gasteiger partial charge in [0.05, 0.1) is 11.3 Å². The summed E-state index contributed by atoms with van der Waals surface area (Å²) in [6.07, 6.45) is 0. The van der Waals surface area contributed by atoms with Gasteiger partial charge in [-0.15, -0.1) is 0 Å². The molecule has 0 bridgehead atoms. The van der Waals surface area contributed by atoms with Crippen molar-refractivity contribution >= 4 is 51.5 Å². The van der Waals surface area contributed by atoms with Crippen LogP contribution in [0, 0.1) is 3.57 Å². The van der Waals surface area contributed by atoms with Crippen molar-refractivity contribution in [2.45, 2.75) is 0 Å². The fourth-order valence-corrected chi connectivity index (χ4v) is 2.65. The maximum Gasteiger partial charge on any atom is 0.260 e. The Hall–Kier alpha value is -1.27. The summed E-state index contributed by atoms with van der Waals surface area (Å²) in [5.74, 6) is -0.177. The molecule has 2 aromatic rings. The second-order valence-corrected chi connectivity index (χ2v) is 5.65. The highest BCUT2D eigenvalue weighted by atomic mass is 127. The van der Waals surface area contributed by atoms with Gasteiger partial charge >= 0.3 is 0 Å². The molecule has 2 rings (SSSR count). The van der Waals surface area contributed by atoms with Crippen molar-refractivity contribution < 1.29 is 4.79 Å². The normalized spacial score (nSPS) is 10.3. The van der Waals surface area contributed by atoms with E-state index in [1.165, 1.54) is 0 Å². The maximum atomic E-state index is 12.5. The molecule has 0 aliphatic heterocycles. The minimum Gasteiger partial charge on any atom is -0.398 e. The van der Waals surface area contributed by atoms with Crippen LogP contribution in [0.4, 0.5) is 11.4 Å². The van der Waals surface area contributed by atoms with Crippen molar-refractivity contribution in [1.29, 1.82) is 0 Å². The smallest absolute Gasteiger partial charge is 0.260 e. The summed E-state index contributed by atoms with van der Waals surface area (Å²) in [4.78, 5) is 14.0. The van der Waals surface area contributed by atoms with Crippen molar-refractivity contribution in [3.8, 4) is 0 Å². The molecule has 98 valence electrons. The third-order valence-corrected chi connectivity index (χ3v) is 3.91. The molecule has 0 fully saturated rings. The average Bonchev–Trinajstić information content (AvgIpc) is 2.40. The number of carbonyl (C=O) groups excluding carboxylic acids is 1. The SMILES string of the molecule is CN(C(=O)c1cc(Cl)ccc1N)c1ccccc1I. The van der Waals surface area contributed by atoms with Gasteiger partial charge in [0.25, 0.3) is 5.91 Å². The van der Waals surface area contributed by atoms with Crippen molar-refractivity contribution in [1.82, 2.24) is 0 Å². The Morgan fingerprint density at radius 3 is 2.63 bits per heavy atom. The summed E-state index contributed by atoms with van der Waals surface area (Å²) in [7, 11) is 1.72. The Morgan fingerprint density at radius 1 is 1.26 bits per heavy atom. The molecule has 0 saturated heterocycles. The zero-order valence-electron chi connectivity index (χ0n) is 10.2. The number of carbonyl (C=O) groups is 1. The highest BCUT2D eigenvalue weighted by Crippen LogP contribution is 2.25. The molecule has 3 nitrogen and oxygen atoms in total. The van der Waals surface area contributed by atoms with E-state index in [-0.39, 0.29) is 5.91 Å². The Bertz CT molecular complexity index is 631. The molecule has 0 heterocycles. The Kier molecular flexibility index (Phi) is 4.31. The number of amides is 1. The van der Waals surface area contributed by atoms with Crippen LogP contribution in [0.25, 0.3) is 0 Å². The number of nitrogens with zero attached hydrogens (tertiary/aromatic N) is 1. The standard InChI is InChI=1S/C14H12ClIN2O/c1-18(13-5-3-2-4-11(13)16)14(19)10-8-9(15)6-7-12(10)17/h2-8H,17H2,1H3. The first-order chi connectivity index (χ1) is 9.00. The molecule has 1 amide bonds. The van der Waals surface area contributed by atoms with Gasteiger partial charge < -0.3 is 10.6 Å². The lowest BCUT2D eigenvalue weighted by Gasteiger charge is -2.19. The lowest BCUT2D eigenvalue weighted by molar-refractivity contribution is 0.0993. The first-order valence-corrected chi connectivity index (χ1v) is 7.04. The number of halogens is 2. The molecule has 2 N–H and O–H groups in total. The van der Waals surface area contributed by atoms with Gasteiger partial charge in [0.2, 0.25) is 0 Å². The molecule has 19 heavy (non-hydrogen) atoms. The van der Waals surface area contributed by atoms with Crippen LogP contribution in [0.1, 0.15) is 10.4 Å². The maximum absolute atomic E-state index is 12.5. The minimum atomic E-state index is -0.177. The van der Waals surface area contributed by atoms with Gasteiger partial charge in [-0.3, -0.25) is 4.79 Å². The Labute approximate surface area is 130 Å². The van der Waals surface area contributed by atoms with Crippen molar-refractivity contribution in [2.24, 2.45) is 0 Å². The predicted octanol–water partition coefficient (Wildman–Crippen LogP) is 3.80. The Balaban J connectivity index is 2.39. The fraction of sp³-hybridized carbons (Fsp3) is 0.0714. The van der Waals surface area contributed by atoms with E-state index >= 15 is 0 Å². The Morgan fingerprint density at radius 2 is 1.95 bits per heavy atom. The van der Waals surface area contributed by atoms with Gasteiger partial charge in [0.15, 0.2) is 0 Å². The number of rotatable bonds is 2. The summed E-state index contributed by atoms with van der Waals surface area (Å²) in [5, 5.41) is 0.494. The summed E-state index contributed by atoms with van der Waals surface area (Å²) in [5.41, 5.74) is 7.51. The molecule has 0 aliphatic carbocycles. The van der Waals surface area contributed by atoms with Gasteiger partial charge in [-0.25, -0.2) is 0 Å². The highest BCUT2D eigenvalue weighted by molar-refractivity contribution is 14.1. The second-order valence-electron chi connectivity index (χ2n) is 4.05.